The Bertz CT molecular complexity index is 622. The van der Waals surface area contributed by atoms with Gasteiger partial charge in [-0.05, 0) is 48.0 Å². The number of thiophene rings is 1. The molecule has 19 heavy (non-hydrogen) atoms. The highest BCUT2D eigenvalue weighted by Gasteiger charge is 2.21. The van der Waals surface area contributed by atoms with Gasteiger partial charge in [0.05, 0.1) is 17.0 Å². The van der Waals surface area contributed by atoms with Crippen molar-refractivity contribution in [3.8, 4) is 5.75 Å². The maximum Gasteiger partial charge on any atom is 0.209 e. The van der Waals surface area contributed by atoms with E-state index >= 15 is 0 Å². The fourth-order valence-corrected chi connectivity index (χ4v) is 3.59. The Hall–Kier alpha value is -1.33. The predicted octanol–water partition coefficient (Wildman–Crippen LogP) is 4.03. The molecule has 1 aromatic carbocycles. The SMILES string of the molecule is CCOc1cccc(N)c1C(=O)c1sc(C)cc1Br. The molecular weight excluding hydrogens is 326 g/mol. The van der Waals surface area contributed by atoms with Crippen LogP contribution in [-0.2, 0) is 0 Å². The van der Waals surface area contributed by atoms with Crippen LogP contribution in [0.4, 0.5) is 5.69 Å². The van der Waals surface area contributed by atoms with E-state index in [-0.39, 0.29) is 5.78 Å². The van der Waals surface area contributed by atoms with Gasteiger partial charge in [-0.15, -0.1) is 11.3 Å². The van der Waals surface area contributed by atoms with Crippen LogP contribution >= 0.6 is 27.3 Å². The molecule has 2 aromatic rings. The average Bonchev–Trinajstić information content (AvgIpc) is 2.68. The first-order chi connectivity index (χ1) is 9.04. The molecule has 2 rings (SSSR count). The Kier molecular flexibility index (Phi) is 4.27. The summed E-state index contributed by atoms with van der Waals surface area (Å²) in [4.78, 5) is 14.3. The van der Waals surface area contributed by atoms with Gasteiger partial charge in [-0.25, -0.2) is 0 Å². The number of carbonyl (C=O) groups excluding carboxylic acids is 1. The lowest BCUT2D eigenvalue weighted by Crippen LogP contribution is -2.08. The second-order valence-electron chi connectivity index (χ2n) is 4.02. The molecule has 1 heterocycles. The number of benzene rings is 1. The number of nitrogen functional groups attached to an aromatic ring is 1. The molecule has 0 saturated heterocycles. The van der Waals surface area contributed by atoms with Crippen molar-refractivity contribution >= 4 is 38.7 Å². The van der Waals surface area contributed by atoms with E-state index in [0.717, 1.165) is 9.35 Å². The minimum Gasteiger partial charge on any atom is -0.493 e. The number of ether oxygens (including phenoxy) is 1. The first-order valence-electron chi connectivity index (χ1n) is 5.86. The molecule has 1 aromatic heterocycles. The van der Waals surface area contributed by atoms with E-state index in [1.807, 2.05) is 19.9 Å². The summed E-state index contributed by atoms with van der Waals surface area (Å²) in [6, 6.07) is 7.19. The van der Waals surface area contributed by atoms with E-state index in [9.17, 15) is 4.79 Å². The Balaban J connectivity index is 2.52. The smallest absolute Gasteiger partial charge is 0.209 e. The van der Waals surface area contributed by atoms with Crippen molar-refractivity contribution < 1.29 is 9.53 Å². The summed E-state index contributed by atoms with van der Waals surface area (Å²) in [5.41, 5.74) is 6.81. The molecule has 0 aliphatic carbocycles. The van der Waals surface area contributed by atoms with Crippen molar-refractivity contribution in [2.75, 3.05) is 12.3 Å². The number of halogens is 1. The van der Waals surface area contributed by atoms with Crippen LogP contribution in [0.1, 0.15) is 27.0 Å². The maximum atomic E-state index is 12.6. The van der Waals surface area contributed by atoms with Gasteiger partial charge in [0.25, 0.3) is 0 Å². The fourth-order valence-electron chi connectivity index (χ4n) is 1.82. The molecule has 0 atom stereocenters. The van der Waals surface area contributed by atoms with E-state index in [4.69, 9.17) is 10.5 Å². The van der Waals surface area contributed by atoms with Crippen LogP contribution in [0.25, 0.3) is 0 Å². The van der Waals surface area contributed by atoms with Gasteiger partial charge in [0.15, 0.2) is 0 Å². The van der Waals surface area contributed by atoms with Gasteiger partial charge in [-0.1, -0.05) is 6.07 Å². The summed E-state index contributed by atoms with van der Waals surface area (Å²) in [7, 11) is 0. The van der Waals surface area contributed by atoms with Crippen LogP contribution in [0.2, 0.25) is 0 Å². The zero-order valence-corrected chi connectivity index (χ0v) is 13.1. The highest BCUT2D eigenvalue weighted by molar-refractivity contribution is 9.10. The first kappa shape index (κ1) is 14.1. The van der Waals surface area contributed by atoms with Crippen LogP contribution < -0.4 is 10.5 Å². The molecule has 0 unspecified atom stereocenters. The number of hydrogen-bond donors (Lipinski definition) is 1. The Labute approximate surface area is 124 Å². The number of nitrogens with two attached hydrogens (primary N) is 1. The molecule has 0 radical (unpaired) electrons. The molecule has 0 bridgehead atoms. The van der Waals surface area contributed by atoms with Crippen molar-refractivity contribution in [3.05, 3.63) is 44.1 Å². The Morgan fingerprint density at radius 1 is 1.47 bits per heavy atom. The van der Waals surface area contributed by atoms with Crippen molar-refractivity contribution in [1.82, 2.24) is 0 Å². The summed E-state index contributed by atoms with van der Waals surface area (Å²) < 4.78 is 6.29. The van der Waals surface area contributed by atoms with Gasteiger partial charge in [0.1, 0.15) is 5.75 Å². The van der Waals surface area contributed by atoms with Gasteiger partial charge in [0, 0.05) is 15.0 Å². The van der Waals surface area contributed by atoms with Crippen LogP contribution in [0.15, 0.2) is 28.7 Å². The zero-order valence-electron chi connectivity index (χ0n) is 10.7. The molecule has 2 N–H and O–H groups in total. The third kappa shape index (κ3) is 2.82. The van der Waals surface area contributed by atoms with Crippen molar-refractivity contribution in [2.45, 2.75) is 13.8 Å². The van der Waals surface area contributed by atoms with Gasteiger partial charge in [0.2, 0.25) is 5.78 Å². The number of anilines is 1. The Morgan fingerprint density at radius 3 is 2.79 bits per heavy atom. The number of carbonyl (C=O) groups is 1. The zero-order chi connectivity index (χ0) is 14.0. The normalized spacial score (nSPS) is 10.5. The lowest BCUT2D eigenvalue weighted by atomic mass is 10.1. The molecule has 100 valence electrons. The Morgan fingerprint density at radius 2 is 2.21 bits per heavy atom. The minimum absolute atomic E-state index is 0.105. The number of aryl methyl sites for hydroxylation is 1. The summed E-state index contributed by atoms with van der Waals surface area (Å²) in [5.74, 6) is 0.428. The number of rotatable bonds is 4. The summed E-state index contributed by atoms with van der Waals surface area (Å²) in [6.07, 6.45) is 0. The van der Waals surface area contributed by atoms with Crippen LogP contribution in [0.5, 0.6) is 5.75 Å². The molecule has 0 fully saturated rings. The lowest BCUT2D eigenvalue weighted by Gasteiger charge is -2.11. The molecule has 5 heteroatoms. The molecule has 0 aliphatic rings. The van der Waals surface area contributed by atoms with Gasteiger partial charge >= 0.3 is 0 Å². The monoisotopic (exact) mass is 339 g/mol. The van der Waals surface area contributed by atoms with Crippen LogP contribution in [-0.4, -0.2) is 12.4 Å². The predicted molar refractivity (Wildman–Crippen MR) is 82.2 cm³/mol. The van der Waals surface area contributed by atoms with Gasteiger partial charge in [-0.3, -0.25) is 4.79 Å². The van der Waals surface area contributed by atoms with E-state index in [2.05, 4.69) is 15.9 Å². The third-order valence-corrected chi connectivity index (χ3v) is 4.54. The van der Waals surface area contributed by atoms with Crippen molar-refractivity contribution in [3.63, 3.8) is 0 Å². The first-order valence-corrected chi connectivity index (χ1v) is 7.47. The lowest BCUT2D eigenvalue weighted by molar-refractivity contribution is 0.103. The van der Waals surface area contributed by atoms with Crippen LogP contribution in [0.3, 0.4) is 0 Å². The highest BCUT2D eigenvalue weighted by Crippen LogP contribution is 2.34. The largest absolute Gasteiger partial charge is 0.493 e. The van der Waals surface area contributed by atoms with E-state index in [0.29, 0.717) is 28.5 Å². The average molecular weight is 340 g/mol. The molecule has 0 spiro atoms. The van der Waals surface area contributed by atoms with Crippen molar-refractivity contribution in [1.29, 1.82) is 0 Å². The topological polar surface area (TPSA) is 52.3 Å². The summed E-state index contributed by atoms with van der Waals surface area (Å²) in [5, 5.41) is 0. The summed E-state index contributed by atoms with van der Waals surface area (Å²) >= 11 is 4.86. The van der Waals surface area contributed by atoms with Crippen molar-refractivity contribution in [2.24, 2.45) is 0 Å². The van der Waals surface area contributed by atoms with Crippen LogP contribution in [0, 0.1) is 6.92 Å². The molecule has 0 saturated carbocycles. The standard InChI is InChI=1S/C14H14BrNO2S/c1-3-18-11-6-4-5-10(16)12(11)13(17)14-9(15)7-8(2)19-14/h4-7H,3,16H2,1-2H3. The second-order valence-corrected chi connectivity index (χ2v) is 6.13. The fraction of sp³-hybridized carbons (Fsp3) is 0.214. The number of hydrogen-bond acceptors (Lipinski definition) is 4. The number of ketones is 1. The third-order valence-electron chi connectivity index (χ3n) is 2.60. The molecule has 0 amide bonds. The van der Waals surface area contributed by atoms with Gasteiger partial charge in [-0.2, -0.15) is 0 Å². The molecule has 0 aliphatic heterocycles. The maximum absolute atomic E-state index is 12.6. The molecular formula is C14H14BrNO2S. The quantitative estimate of drug-likeness (QED) is 0.675. The summed E-state index contributed by atoms with van der Waals surface area (Å²) in [6.45, 7) is 4.33. The highest BCUT2D eigenvalue weighted by atomic mass is 79.9. The minimum atomic E-state index is -0.105. The molecule has 3 nitrogen and oxygen atoms in total. The van der Waals surface area contributed by atoms with Gasteiger partial charge < -0.3 is 10.5 Å². The van der Waals surface area contributed by atoms with E-state index < -0.39 is 0 Å². The van der Waals surface area contributed by atoms with E-state index in [1.54, 1.807) is 18.2 Å². The second kappa shape index (κ2) is 5.75. The van der Waals surface area contributed by atoms with E-state index in [1.165, 1.54) is 11.3 Å².